The Morgan fingerprint density at radius 3 is 2.74 bits per heavy atom. The van der Waals surface area contributed by atoms with Crippen molar-refractivity contribution in [2.45, 2.75) is 32.8 Å². The number of phenols is 1. The van der Waals surface area contributed by atoms with Crippen LogP contribution in [0.3, 0.4) is 0 Å². The lowest BCUT2D eigenvalue weighted by atomic mass is 10.1. The third kappa shape index (κ3) is 4.86. The minimum Gasteiger partial charge on any atom is -0.506 e. The van der Waals surface area contributed by atoms with Crippen molar-refractivity contribution in [3.8, 4) is 5.75 Å². The van der Waals surface area contributed by atoms with Gasteiger partial charge in [0.15, 0.2) is 5.11 Å². The van der Waals surface area contributed by atoms with Crippen LogP contribution in [-0.2, 0) is 0 Å². The number of thiocarbonyl (C=S) groups is 1. The summed E-state index contributed by atoms with van der Waals surface area (Å²) in [6.45, 7) is 4.47. The predicted octanol–water partition coefficient (Wildman–Crippen LogP) is 3.19. The summed E-state index contributed by atoms with van der Waals surface area (Å²) in [5, 5.41) is 26.0. The number of nitrogens with one attached hydrogen (secondary N) is 2. The second-order valence-corrected chi connectivity index (χ2v) is 5.12. The molecule has 0 heterocycles. The summed E-state index contributed by atoms with van der Waals surface area (Å²) >= 11 is 11.1. The maximum absolute atomic E-state index is 9.73. The molecular weight excluding hydrogens is 284 g/mol. The summed E-state index contributed by atoms with van der Waals surface area (Å²) in [7, 11) is 0. The summed E-state index contributed by atoms with van der Waals surface area (Å²) in [5.74, 6) is -0.105. The zero-order valence-electron chi connectivity index (χ0n) is 11.0. The molecule has 0 saturated heterocycles. The lowest BCUT2D eigenvalue weighted by Gasteiger charge is -2.14. The number of phenolic OH excluding ortho intramolecular Hbond substituents is 1. The first-order valence-corrected chi connectivity index (χ1v) is 6.99. The zero-order chi connectivity index (χ0) is 14.4. The minimum atomic E-state index is -0.805. The Bertz CT molecular complexity index is 453. The number of halogens is 1. The SMILES string of the molecule is CCCCNC(=S)Nc1cc(Cl)c(O)c(C(C)O)c1. The lowest BCUT2D eigenvalue weighted by molar-refractivity contribution is 0.195. The van der Waals surface area contributed by atoms with Crippen molar-refractivity contribution < 1.29 is 10.2 Å². The Morgan fingerprint density at radius 2 is 2.16 bits per heavy atom. The van der Waals surface area contributed by atoms with Crippen molar-refractivity contribution in [3.63, 3.8) is 0 Å². The molecule has 1 aromatic carbocycles. The molecule has 0 fully saturated rings. The maximum atomic E-state index is 9.73. The quantitative estimate of drug-likeness (QED) is 0.382. The van der Waals surface area contributed by atoms with E-state index in [9.17, 15) is 10.2 Å². The van der Waals surface area contributed by atoms with E-state index in [-0.39, 0.29) is 10.8 Å². The summed E-state index contributed by atoms with van der Waals surface area (Å²) < 4.78 is 0. The van der Waals surface area contributed by atoms with Gasteiger partial charge in [-0.15, -0.1) is 0 Å². The van der Waals surface area contributed by atoms with Crippen molar-refractivity contribution in [3.05, 3.63) is 22.7 Å². The van der Waals surface area contributed by atoms with Crippen LogP contribution in [-0.4, -0.2) is 21.9 Å². The van der Waals surface area contributed by atoms with Crippen LogP contribution in [0.2, 0.25) is 5.02 Å². The highest BCUT2D eigenvalue weighted by atomic mass is 35.5. The van der Waals surface area contributed by atoms with Crippen LogP contribution in [0.5, 0.6) is 5.75 Å². The Labute approximate surface area is 123 Å². The second kappa shape index (κ2) is 7.53. The van der Waals surface area contributed by atoms with Crippen LogP contribution < -0.4 is 10.6 Å². The molecule has 106 valence electrons. The smallest absolute Gasteiger partial charge is 0.170 e. The molecular formula is C13H19ClN2O2S. The van der Waals surface area contributed by atoms with Crippen LogP contribution in [0.25, 0.3) is 0 Å². The van der Waals surface area contributed by atoms with Crippen molar-refractivity contribution in [2.24, 2.45) is 0 Å². The third-order valence-electron chi connectivity index (χ3n) is 2.62. The van der Waals surface area contributed by atoms with E-state index in [2.05, 4.69) is 17.6 Å². The average Bonchev–Trinajstić information content (AvgIpc) is 2.33. The van der Waals surface area contributed by atoms with Gasteiger partial charge < -0.3 is 20.8 Å². The molecule has 1 aromatic rings. The maximum Gasteiger partial charge on any atom is 0.170 e. The van der Waals surface area contributed by atoms with Gasteiger partial charge in [-0.3, -0.25) is 0 Å². The number of unbranched alkanes of at least 4 members (excludes halogenated alkanes) is 1. The van der Waals surface area contributed by atoms with Gasteiger partial charge in [0, 0.05) is 17.8 Å². The average molecular weight is 303 g/mol. The van der Waals surface area contributed by atoms with E-state index < -0.39 is 6.10 Å². The Balaban J connectivity index is 2.76. The summed E-state index contributed by atoms with van der Waals surface area (Å²) in [5.41, 5.74) is 0.999. The van der Waals surface area contributed by atoms with Gasteiger partial charge in [-0.25, -0.2) is 0 Å². The van der Waals surface area contributed by atoms with E-state index >= 15 is 0 Å². The molecule has 1 rings (SSSR count). The monoisotopic (exact) mass is 302 g/mol. The summed E-state index contributed by atoms with van der Waals surface area (Å²) in [6, 6.07) is 3.19. The van der Waals surface area contributed by atoms with Gasteiger partial charge >= 0.3 is 0 Å². The van der Waals surface area contributed by atoms with E-state index in [0.29, 0.717) is 16.4 Å². The zero-order valence-corrected chi connectivity index (χ0v) is 12.6. The molecule has 4 nitrogen and oxygen atoms in total. The number of hydrogen-bond acceptors (Lipinski definition) is 3. The van der Waals surface area contributed by atoms with E-state index in [1.807, 2.05) is 0 Å². The lowest BCUT2D eigenvalue weighted by Crippen LogP contribution is -2.29. The van der Waals surface area contributed by atoms with Gasteiger partial charge in [0.1, 0.15) is 5.75 Å². The van der Waals surface area contributed by atoms with Crippen molar-refractivity contribution in [2.75, 3.05) is 11.9 Å². The molecule has 0 saturated carbocycles. The normalized spacial score (nSPS) is 12.0. The van der Waals surface area contributed by atoms with E-state index in [1.54, 1.807) is 19.1 Å². The number of hydrogen-bond donors (Lipinski definition) is 4. The Morgan fingerprint density at radius 1 is 1.47 bits per heavy atom. The minimum absolute atomic E-state index is 0.105. The fourth-order valence-electron chi connectivity index (χ4n) is 1.56. The van der Waals surface area contributed by atoms with E-state index in [4.69, 9.17) is 23.8 Å². The first-order chi connectivity index (χ1) is 8.95. The molecule has 6 heteroatoms. The number of aliphatic hydroxyl groups is 1. The van der Waals surface area contributed by atoms with Crippen LogP contribution in [0.1, 0.15) is 38.4 Å². The predicted molar refractivity (Wildman–Crippen MR) is 82.9 cm³/mol. The number of anilines is 1. The molecule has 0 aliphatic rings. The van der Waals surface area contributed by atoms with Gasteiger partial charge in [-0.1, -0.05) is 24.9 Å². The van der Waals surface area contributed by atoms with Crippen LogP contribution in [0.4, 0.5) is 5.69 Å². The van der Waals surface area contributed by atoms with Gasteiger partial charge in [-0.2, -0.15) is 0 Å². The molecule has 0 bridgehead atoms. The molecule has 0 aliphatic carbocycles. The fraction of sp³-hybridized carbons (Fsp3) is 0.462. The van der Waals surface area contributed by atoms with Crippen molar-refractivity contribution in [1.82, 2.24) is 5.32 Å². The molecule has 1 unspecified atom stereocenters. The van der Waals surface area contributed by atoms with E-state index in [0.717, 1.165) is 19.4 Å². The topological polar surface area (TPSA) is 64.5 Å². The highest BCUT2D eigenvalue weighted by Gasteiger charge is 2.13. The van der Waals surface area contributed by atoms with Crippen molar-refractivity contribution in [1.29, 1.82) is 0 Å². The second-order valence-electron chi connectivity index (χ2n) is 4.31. The van der Waals surface area contributed by atoms with Crippen molar-refractivity contribution >= 4 is 34.6 Å². The standard InChI is InChI=1S/C13H19ClN2O2S/c1-3-4-5-15-13(19)16-9-6-10(8(2)17)12(18)11(14)7-9/h6-8,17-18H,3-5H2,1-2H3,(H2,15,16,19). The molecule has 1 atom stereocenters. The van der Waals surface area contributed by atoms with Gasteiger partial charge in [-0.05, 0) is 37.7 Å². The molecule has 4 N–H and O–H groups in total. The van der Waals surface area contributed by atoms with Crippen LogP contribution in [0, 0.1) is 0 Å². The molecule has 19 heavy (non-hydrogen) atoms. The summed E-state index contributed by atoms with van der Waals surface area (Å²) in [4.78, 5) is 0. The number of rotatable bonds is 5. The fourth-order valence-corrected chi connectivity index (χ4v) is 2.01. The van der Waals surface area contributed by atoms with Gasteiger partial charge in [0.05, 0.1) is 11.1 Å². The number of benzene rings is 1. The first-order valence-electron chi connectivity index (χ1n) is 6.21. The highest BCUT2D eigenvalue weighted by Crippen LogP contribution is 2.34. The van der Waals surface area contributed by atoms with Gasteiger partial charge in [0.25, 0.3) is 0 Å². The van der Waals surface area contributed by atoms with Crippen LogP contribution in [0.15, 0.2) is 12.1 Å². The van der Waals surface area contributed by atoms with Crippen LogP contribution >= 0.6 is 23.8 Å². The van der Waals surface area contributed by atoms with Gasteiger partial charge in [0.2, 0.25) is 0 Å². The highest BCUT2D eigenvalue weighted by molar-refractivity contribution is 7.80. The summed E-state index contributed by atoms with van der Waals surface area (Å²) in [6.07, 6.45) is 1.32. The molecule has 0 amide bonds. The Hall–Kier alpha value is -1.04. The molecule has 0 spiro atoms. The molecule has 0 aromatic heterocycles. The first kappa shape index (κ1) is 16.0. The number of aromatic hydroxyl groups is 1. The Kier molecular flexibility index (Phi) is 6.34. The molecule has 0 aliphatic heterocycles. The number of aliphatic hydroxyl groups excluding tert-OH is 1. The van der Waals surface area contributed by atoms with E-state index in [1.165, 1.54) is 0 Å². The largest absolute Gasteiger partial charge is 0.506 e. The third-order valence-corrected chi connectivity index (χ3v) is 3.15. The molecule has 0 radical (unpaired) electrons.